The maximum atomic E-state index is 4.87. The Kier molecular flexibility index (Phi) is 3.83. The van der Waals surface area contributed by atoms with Crippen molar-refractivity contribution in [3.05, 3.63) is 66.0 Å². The van der Waals surface area contributed by atoms with Crippen molar-refractivity contribution in [2.45, 2.75) is 34.1 Å². The van der Waals surface area contributed by atoms with E-state index in [4.69, 9.17) is 4.98 Å². The van der Waals surface area contributed by atoms with Crippen molar-refractivity contribution < 1.29 is 4.57 Å². The van der Waals surface area contributed by atoms with Crippen LogP contribution in [-0.4, -0.2) is 9.38 Å². The van der Waals surface area contributed by atoms with Crippen LogP contribution in [0.4, 0.5) is 0 Å². The van der Waals surface area contributed by atoms with Crippen LogP contribution in [0.2, 0.25) is 0 Å². The van der Waals surface area contributed by atoms with Gasteiger partial charge in [0, 0.05) is 18.3 Å². The summed E-state index contributed by atoms with van der Waals surface area (Å²) in [4.78, 5) is 4.87. The first-order valence-electron chi connectivity index (χ1n) is 9.19. The number of aryl methyl sites for hydroxylation is 2. The average molecular weight is 344 g/mol. The molecule has 3 heterocycles. The van der Waals surface area contributed by atoms with Crippen LogP contribution in [0.25, 0.3) is 27.9 Å². The third-order valence-electron chi connectivity index (χ3n) is 4.96. The molecule has 132 valence electrons. The molecule has 26 heavy (non-hydrogen) atoms. The predicted molar refractivity (Wildman–Crippen MR) is 107 cm³/mol. The van der Waals surface area contributed by atoms with Crippen LogP contribution in [0.15, 0.2) is 54.9 Å². The fraction of sp³-hybridized carbons (Fsp3) is 0.304. The van der Waals surface area contributed by atoms with E-state index >= 15 is 0 Å². The second-order valence-corrected chi connectivity index (χ2v) is 8.42. The highest BCUT2D eigenvalue weighted by molar-refractivity contribution is 5.88. The smallest absolute Gasteiger partial charge is 0.212 e. The lowest BCUT2D eigenvalue weighted by Crippen LogP contribution is -2.31. The fourth-order valence-electron chi connectivity index (χ4n) is 3.75. The van der Waals surface area contributed by atoms with Crippen LogP contribution >= 0.6 is 0 Å². The molecule has 0 spiro atoms. The molecule has 0 saturated carbocycles. The number of pyridine rings is 2. The number of rotatable bonds is 2. The van der Waals surface area contributed by atoms with Gasteiger partial charge in [-0.3, -0.25) is 4.40 Å². The predicted octanol–water partition coefficient (Wildman–Crippen LogP) is 4.88. The van der Waals surface area contributed by atoms with E-state index in [0.717, 1.165) is 23.1 Å². The van der Waals surface area contributed by atoms with Gasteiger partial charge in [0.25, 0.3) is 0 Å². The highest BCUT2D eigenvalue weighted by atomic mass is 15.0. The topological polar surface area (TPSA) is 21.2 Å². The summed E-state index contributed by atoms with van der Waals surface area (Å²) < 4.78 is 4.36. The maximum Gasteiger partial charge on any atom is 0.212 e. The molecule has 0 N–H and O–H groups in total. The SMILES string of the molecule is Cc1c(-c2cc(CC(C)(C)C)cc[n+]2C)ccc2c1nc1ccccn12. The fourth-order valence-corrected chi connectivity index (χ4v) is 3.75. The number of benzene rings is 1. The highest BCUT2D eigenvalue weighted by Gasteiger charge is 2.19. The van der Waals surface area contributed by atoms with Crippen molar-refractivity contribution in [2.75, 3.05) is 0 Å². The molecular weight excluding hydrogens is 318 g/mol. The van der Waals surface area contributed by atoms with Gasteiger partial charge in [0.2, 0.25) is 5.69 Å². The van der Waals surface area contributed by atoms with Crippen LogP contribution in [0.3, 0.4) is 0 Å². The van der Waals surface area contributed by atoms with E-state index in [9.17, 15) is 0 Å². The van der Waals surface area contributed by atoms with Crippen LogP contribution in [0, 0.1) is 12.3 Å². The summed E-state index contributed by atoms with van der Waals surface area (Å²) in [5.41, 5.74) is 8.61. The molecule has 0 atom stereocenters. The number of hydrogen-bond donors (Lipinski definition) is 0. The summed E-state index contributed by atoms with van der Waals surface area (Å²) in [5.74, 6) is 0. The Morgan fingerprint density at radius 2 is 1.88 bits per heavy atom. The third kappa shape index (κ3) is 2.88. The Hall–Kier alpha value is -2.68. The standard InChI is InChI=1S/C23H26N3/c1-16-18(20-14-17(11-13-25(20)5)15-23(2,3)4)9-10-19-22(16)24-21-8-6-7-12-26(19)21/h6-14H,15H2,1-5H3/q+1. The number of aromatic nitrogens is 3. The zero-order chi connectivity index (χ0) is 18.5. The van der Waals surface area contributed by atoms with Gasteiger partial charge >= 0.3 is 0 Å². The lowest BCUT2D eigenvalue weighted by molar-refractivity contribution is -0.660. The van der Waals surface area contributed by atoms with Gasteiger partial charge in [-0.15, -0.1) is 0 Å². The van der Waals surface area contributed by atoms with E-state index in [0.29, 0.717) is 0 Å². The van der Waals surface area contributed by atoms with Gasteiger partial charge in [-0.2, -0.15) is 0 Å². The van der Waals surface area contributed by atoms with Crippen molar-refractivity contribution in [3.63, 3.8) is 0 Å². The quantitative estimate of drug-likeness (QED) is 0.475. The van der Waals surface area contributed by atoms with Crippen molar-refractivity contribution >= 4 is 16.7 Å². The molecule has 3 heteroatoms. The minimum Gasteiger partial charge on any atom is -0.300 e. The minimum absolute atomic E-state index is 0.276. The van der Waals surface area contributed by atoms with Gasteiger partial charge in [-0.1, -0.05) is 26.8 Å². The average Bonchev–Trinajstić information content (AvgIpc) is 2.96. The van der Waals surface area contributed by atoms with E-state index in [-0.39, 0.29) is 5.41 Å². The van der Waals surface area contributed by atoms with Crippen molar-refractivity contribution in [1.29, 1.82) is 0 Å². The molecule has 0 radical (unpaired) electrons. The highest BCUT2D eigenvalue weighted by Crippen LogP contribution is 2.29. The Balaban J connectivity index is 1.90. The number of imidazole rings is 1. The van der Waals surface area contributed by atoms with Crippen LogP contribution in [0.5, 0.6) is 0 Å². The number of hydrogen-bond acceptors (Lipinski definition) is 1. The van der Waals surface area contributed by atoms with E-state index in [1.54, 1.807) is 0 Å². The Bertz CT molecular complexity index is 1110. The molecule has 0 aliphatic carbocycles. The van der Waals surface area contributed by atoms with Crippen molar-refractivity contribution in [2.24, 2.45) is 12.5 Å². The molecule has 3 aromatic heterocycles. The summed E-state index contributed by atoms with van der Waals surface area (Å²) in [6.45, 7) is 9.04. The molecule has 0 saturated heterocycles. The first-order chi connectivity index (χ1) is 12.3. The lowest BCUT2D eigenvalue weighted by Gasteiger charge is -2.18. The van der Waals surface area contributed by atoms with Crippen molar-refractivity contribution in [1.82, 2.24) is 9.38 Å². The normalized spacial score (nSPS) is 12.2. The van der Waals surface area contributed by atoms with E-state index < -0.39 is 0 Å². The minimum atomic E-state index is 0.276. The number of fused-ring (bicyclic) bond motifs is 3. The second kappa shape index (κ2) is 5.94. The van der Waals surface area contributed by atoms with E-state index in [1.807, 2.05) is 12.1 Å². The zero-order valence-corrected chi connectivity index (χ0v) is 16.2. The summed E-state index contributed by atoms with van der Waals surface area (Å²) in [6.07, 6.45) is 5.31. The van der Waals surface area contributed by atoms with E-state index in [1.165, 1.54) is 22.4 Å². The summed E-state index contributed by atoms with van der Waals surface area (Å²) in [6, 6.07) is 15.1. The Morgan fingerprint density at radius 3 is 2.65 bits per heavy atom. The monoisotopic (exact) mass is 344 g/mol. The molecule has 0 unspecified atom stereocenters. The van der Waals surface area contributed by atoms with Gasteiger partial charge in [0.1, 0.15) is 12.7 Å². The molecule has 0 fully saturated rings. The molecule has 0 amide bonds. The van der Waals surface area contributed by atoms with Gasteiger partial charge in [0.05, 0.1) is 16.6 Å². The lowest BCUT2D eigenvalue weighted by atomic mass is 9.88. The van der Waals surface area contributed by atoms with Gasteiger partial charge in [0.15, 0.2) is 6.20 Å². The molecule has 0 bridgehead atoms. The van der Waals surface area contributed by atoms with Crippen LogP contribution < -0.4 is 4.57 Å². The molecule has 3 nitrogen and oxygen atoms in total. The molecule has 0 aliphatic heterocycles. The second-order valence-electron chi connectivity index (χ2n) is 8.42. The first-order valence-corrected chi connectivity index (χ1v) is 9.19. The summed E-state index contributed by atoms with van der Waals surface area (Å²) in [7, 11) is 2.11. The van der Waals surface area contributed by atoms with Crippen LogP contribution in [-0.2, 0) is 13.5 Å². The molecule has 0 aliphatic rings. The van der Waals surface area contributed by atoms with Crippen LogP contribution in [0.1, 0.15) is 31.9 Å². The Morgan fingerprint density at radius 1 is 1.08 bits per heavy atom. The van der Waals surface area contributed by atoms with Gasteiger partial charge < -0.3 is 0 Å². The maximum absolute atomic E-state index is 4.87. The molecule has 4 rings (SSSR count). The first kappa shape index (κ1) is 16.8. The third-order valence-corrected chi connectivity index (χ3v) is 4.96. The molecule has 4 aromatic rings. The summed E-state index contributed by atoms with van der Waals surface area (Å²) >= 11 is 0. The molecular formula is C23H26N3+. The Labute approximate surface area is 154 Å². The number of nitrogens with zero attached hydrogens (tertiary/aromatic N) is 3. The summed E-state index contributed by atoms with van der Waals surface area (Å²) in [5, 5.41) is 0. The molecule has 1 aromatic carbocycles. The van der Waals surface area contributed by atoms with E-state index in [2.05, 4.69) is 86.4 Å². The van der Waals surface area contributed by atoms with Gasteiger partial charge in [-0.25, -0.2) is 9.55 Å². The largest absolute Gasteiger partial charge is 0.300 e. The van der Waals surface area contributed by atoms with Gasteiger partial charge in [-0.05, 0) is 54.2 Å². The van der Waals surface area contributed by atoms with Crippen molar-refractivity contribution in [3.8, 4) is 11.3 Å². The zero-order valence-electron chi connectivity index (χ0n) is 16.2.